The van der Waals surface area contributed by atoms with Crippen LogP contribution in [0, 0.1) is 0 Å². The first-order valence-electron chi connectivity index (χ1n) is 4.55. The first-order chi connectivity index (χ1) is 7.43. The molecule has 0 amide bonds. The summed E-state index contributed by atoms with van der Waals surface area (Å²) in [5.74, 6) is -1.96. The summed E-state index contributed by atoms with van der Waals surface area (Å²) < 4.78 is 14.8. The highest BCUT2D eigenvalue weighted by atomic mass is 16.6. The molecule has 0 saturated carbocycles. The largest absolute Gasteiger partial charge is 0.478 e. The zero-order chi connectivity index (χ0) is 12.6. The molecule has 6 nitrogen and oxygen atoms in total. The second-order valence-electron chi connectivity index (χ2n) is 3.41. The van der Waals surface area contributed by atoms with E-state index in [1.807, 2.05) is 0 Å². The molecule has 0 rings (SSSR count). The molecule has 1 N–H and O–H groups in total. The highest BCUT2D eigenvalue weighted by Crippen LogP contribution is 2.12. The normalized spacial score (nSPS) is 11.7. The molecule has 16 heavy (non-hydrogen) atoms. The van der Waals surface area contributed by atoms with E-state index in [-0.39, 0.29) is 13.2 Å². The van der Waals surface area contributed by atoms with Gasteiger partial charge in [0.15, 0.2) is 5.60 Å². The highest BCUT2D eigenvalue weighted by molar-refractivity contribution is 5.90. The van der Waals surface area contributed by atoms with E-state index < -0.39 is 17.5 Å². The van der Waals surface area contributed by atoms with Crippen molar-refractivity contribution in [1.82, 2.24) is 0 Å². The molecule has 0 bridgehead atoms. The van der Waals surface area contributed by atoms with Crippen LogP contribution in [-0.2, 0) is 23.8 Å². The fourth-order valence-corrected chi connectivity index (χ4v) is 1.13. The van der Waals surface area contributed by atoms with Crippen molar-refractivity contribution in [3.05, 3.63) is 12.2 Å². The van der Waals surface area contributed by atoms with Gasteiger partial charge in [0.2, 0.25) is 0 Å². The SMILES string of the molecule is COCC(C)(COC)OC(=O)/C=C\C(=O)O. The summed E-state index contributed by atoms with van der Waals surface area (Å²) in [5.41, 5.74) is -0.927. The summed E-state index contributed by atoms with van der Waals surface area (Å²) in [6, 6.07) is 0. The van der Waals surface area contributed by atoms with E-state index in [0.29, 0.717) is 6.08 Å². The number of esters is 1. The summed E-state index contributed by atoms with van der Waals surface area (Å²) >= 11 is 0. The maximum absolute atomic E-state index is 11.2. The van der Waals surface area contributed by atoms with Crippen molar-refractivity contribution in [3.63, 3.8) is 0 Å². The predicted octanol–water partition coefficient (Wildman–Crippen LogP) is 0.222. The van der Waals surface area contributed by atoms with Crippen LogP contribution >= 0.6 is 0 Å². The van der Waals surface area contributed by atoms with Crippen LogP contribution in [0.15, 0.2) is 12.2 Å². The number of ether oxygens (including phenoxy) is 3. The van der Waals surface area contributed by atoms with Crippen LogP contribution in [0.1, 0.15) is 6.92 Å². The number of hydrogen-bond acceptors (Lipinski definition) is 5. The van der Waals surface area contributed by atoms with Crippen molar-refractivity contribution in [2.75, 3.05) is 27.4 Å². The van der Waals surface area contributed by atoms with Gasteiger partial charge in [-0.3, -0.25) is 0 Å². The average Bonchev–Trinajstić information content (AvgIpc) is 2.15. The van der Waals surface area contributed by atoms with Gasteiger partial charge in [0.25, 0.3) is 0 Å². The Morgan fingerprint density at radius 3 is 2.06 bits per heavy atom. The lowest BCUT2D eigenvalue weighted by molar-refractivity contribution is -0.163. The van der Waals surface area contributed by atoms with Crippen LogP contribution in [0.25, 0.3) is 0 Å². The molecular formula is C10H16O6. The van der Waals surface area contributed by atoms with Crippen LogP contribution in [0.5, 0.6) is 0 Å². The van der Waals surface area contributed by atoms with Crippen molar-refractivity contribution in [3.8, 4) is 0 Å². The first-order valence-corrected chi connectivity index (χ1v) is 4.55. The number of carboxylic acid groups (broad SMARTS) is 1. The van der Waals surface area contributed by atoms with E-state index in [0.717, 1.165) is 6.08 Å². The van der Waals surface area contributed by atoms with Gasteiger partial charge in [0.05, 0.1) is 13.2 Å². The van der Waals surface area contributed by atoms with Gasteiger partial charge >= 0.3 is 11.9 Å². The summed E-state index contributed by atoms with van der Waals surface area (Å²) in [6.07, 6.45) is 1.55. The molecule has 0 heterocycles. The third kappa shape index (κ3) is 6.15. The van der Waals surface area contributed by atoms with Gasteiger partial charge in [-0.15, -0.1) is 0 Å². The fourth-order valence-electron chi connectivity index (χ4n) is 1.13. The molecule has 0 atom stereocenters. The highest BCUT2D eigenvalue weighted by Gasteiger charge is 2.28. The van der Waals surface area contributed by atoms with Crippen LogP contribution in [-0.4, -0.2) is 50.1 Å². The molecule has 0 aliphatic rings. The number of aliphatic carboxylic acids is 1. The Labute approximate surface area is 93.8 Å². The molecule has 0 fully saturated rings. The third-order valence-electron chi connectivity index (χ3n) is 1.61. The molecule has 92 valence electrons. The molecule has 0 radical (unpaired) electrons. The van der Waals surface area contributed by atoms with Crippen molar-refractivity contribution in [2.24, 2.45) is 0 Å². The lowest BCUT2D eigenvalue weighted by Crippen LogP contribution is -2.40. The number of rotatable bonds is 7. The minimum absolute atomic E-state index is 0.160. The maximum atomic E-state index is 11.2. The van der Waals surface area contributed by atoms with Crippen molar-refractivity contribution < 1.29 is 28.9 Å². The van der Waals surface area contributed by atoms with Crippen LogP contribution in [0.4, 0.5) is 0 Å². The van der Waals surface area contributed by atoms with E-state index >= 15 is 0 Å². The Hall–Kier alpha value is -1.40. The van der Waals surface area contributed by atoms with Gasteiger partial charge in [-0.2, -0.15) is 0 Å². The Morgan fingerprint density at radius 2 is 1.69 bits per heavy atom. The summed E-state index contributed by atoms with van der Waals surface area (Å²) in [7, 11) is 2.93. The number of methoxy groups -OCH3 is 2. The molecule has 0 aromatic carbocycles. The topological polar surface area (TPSA) is 82.1 Å². The standard InChI is InChI=1S/C10H16O6/c1-10(6-14-2,7-15-3)16-9(13)5-4-8(11)12/h4-5H,6-7H2,1-3H3,(H,11,12)/b5-4-. The van der Waals surface area contributed by atoms with E-state index in [1.165, 1.54) is 14.2 Å². The quantitative estimate of drug-likeness (QED) is 0.499. The monoisotopic (exact) mass is 232 g/mol. The van der Waals surface area contributed by atoms with E-state index in [2.05, 4.69) is 0 Å². The molecule has 0 aliphatic heterocycles. The van der Waals surface area contributed by atoms with Gasteiger partial charge in [0.1, 0.15) is 0 Å². The molecule has 0 spiro atoms. The minimum Gasteiger partial charge on any atom is -0.478 e. The lowest BCUT2D eigenvalue weighted by atomic mass is 10.1. The number of carbonyl (C=O) groups is 2. The summed E-state index contributed by atoms with van der Waals surface area (Å²) in [6.45, 7) is 1.95. The maximum Gasteiger partial charge on any atom is 0.331 e. The molecular weight excluding hydrogens is 216 g/mol. The second-order valence-corrected chi connectivity index (χ2v) is 3.41. The van der Waals surface area contributed by atoms with Gasteiger partial charge in [0, 0.05) is 26.4 Å². The van der Waals surface area contributed by atoms with Gasteiger partial charge in [-0.25, -0.2) is 9.59 Å². The summed E-state index contributed by atoms with van der Waals surface area (Å²) in [4.78, 5) is 21.4. The molecule has 0 saturated heterocycles. The number of carboxylic acids is 1. The average molecular weight is 232 g/mol. The van der Waals surface area contributed by atoms with Crippen molar-refractivity contribution in [1.29, 1.82) is 0 Å². The van der Waals surface area contributed by atoms with Crippen LogP contribution in [0.3, 0.4) is 0 Å². The lowest BCUT2D eigenvalue weighted by Gasteiger charge is -2.27. The smallest absolute Gasteiger partial charge is 0.331 e. The van der Waals surface area contributed by atoms with Gasteiger partial charge < -0.3 is 19.3 Å². The second kappa shape index (κ2) is 6.97. The number of hydrogen-bond donors (Lipinski definition) is 1. The molecule has 6 heteroatoms. The zero-order valence-electron chi connectivity index (χ0n) is 9.56. The Kier molecular flexibility index (Phi) is 6.36. The van der Waals surface area contributed by atoms with Gasteiger partial charge in [-0.1, -0.05) is 0 Å². The third-order valence-corrected chi connectivity index (χ3v) is 1.61. The van der Waals surface area contributed by atoms with Crippen molar-refractivity contribution in [2.45, 2.75) is 12.5 Å². The first kappa shape index (κ1) is 14.6. The Bertz CT molecular complexity index is 264. The van der Waals surface area contributed by atoms with Gasteiger partial charge in [-0.05, 0) is 6.92 Å². The zero-order valence-corrected chi connectivity index (χ0v) is 9.56. The minimum atomic E-state index is -1.21. The molecule has 0 aromatic rings. The molecule has 0 unspecified atom stereocenters. The van der Waals surface area contributed by atoms with Crippen LogP contribution in [0.2, 0.25) is 0 Å². The molecule has 0 aliphatic carbocycles. The number of carbonyl (C=O) groups excluding carboxylic acids is 1. The predicted molar refractivity (Wildman–Crippen MR) is 55.0 cm³/mol. The van der Waals surface area contributed by atoms with E-state index in [1.54, 1.807) is 6.92 Å². The van der Waals surface area contributed by atoms with E-state index in [9.17, 15) is 9.59 Å². The Morgan fingerprint density at radius 1 is 1.19 bits per heavy atom. The summed E-state index contributed by atoms with van der Waals surface area (Å²) in [5, 5.41) is 8.32. The van der Waals surface area contributed by atoms with Crippen LogP contribution < -0.4 is 0 Å². The Balaban J connectivity index is 4.39. The van der Waals surface area contributed by atoms with Crippen molar-refractivity contribution >= 4 is 11.9 Å². The fraction of sp³-hybridized carbons (Fsp3) is 0.600. The molecule has 0 aromatic heterocycles. The van der Waals surface area contributed by atoms with E-state index in [4.69, 9.17) is 19.3 Å².